The predicted molar refractivity (Wildman–Crippen MR) is 97.9 cm³/mol. The van der Waals surface area contributed by atoms with Crippen LogP contribution in [0.2, 0.25) is 0 Å². The third-order valence-electron chi connectivity index (χ3n) is 3.96. The topological polar surface area (TPSA) is 71.2 Å². The van der Waals surface area contributed by atoms with Crippen LogP contribution in [-0.4, -0.2) is 24.0 Å². The lowest BCUT2D eigenvalue weighted by Gasteiger charge is -2.08. The van der Waals surface area contributed by atoms with E-state index in [1.807, 2.05) is 31.2 Å². The molecule has 0 unspecified atom stereocenters. The quantitative estimate of drug-likeness (QED) is 0.715. The van der Waals surface area contributed by atoms with Crippen LogP contribution in [0.4, 0.5) is 4.39 Å². The number of H-pyrrole nitrogens is 1. The molecular formula is C20H19FN2O3. The first-order valence-corrected chi connectivity index (χ1v) is 8.29. The van der Waals surface area contributed by atoms with Gasteiger partial charge in [0, 0.05) is 23.7 Å². The van der Waals surface area contributed by atoms with Gasteiger partial charge in [-0.3, -0.25) is 9.59 Å². The summed E-state index contributed by atoms with van der Waals surface area (Å²) in [5.74, 6) is -0.461. The molecule has 26 heavy (non-hydrogen) atoms. The second-order valence-electron chi connectivity index (χ2n) is 6.06. The van der Waals surface area contributed by atoms with Gasteiger partial charge in [0.05, 0.1) is 0 Å². The molecule has 1 aromatic heterocycles. The van der Waals surface area contributed by atoms with E-state index < -0.39 is 5.82 Å². The van der Waals surface area contributed by atoms with Gasteiger partial charge in [-0.25, -0.2) is 4.39 Å². The Bertz CT molecular complexity index is 998. The number of ether oxygens (including phenoxy) is 1. The number of hydrogen-bond donors (Lipinski definition) is 2. The number of fused-ring (bicyclic) bond motifs is 1. The highest BCUT2D eigenvalue weighted by atomic mass is 19.1. The number of amides is 1. The number of halogens is 1. The molecular weight excluding hydrogens is 335 g/mol. The molecule has 0 spiro atoms. The molecule has 0 aliphatic heterocycles. The van der Waals surface area contributed by atoms with E-state index in [-0.39, 0.29) is 18.1 Å². The Morgan fingerprint density at radius 2 is 2.04 bits per heavy atom. The number of carbonyl (C=O) groups is 1. The van der Waals surface area contributed by atoms with Gasteiger partial charge in [-0.05, 0) is 48.6 Å². The molecule has 3 rings (SSSR count). The van der Waals surface area contributed by atoms with Crippen LogP contribution >= 0.6 is 0 Å². The number of rotatable bonds is 6. The fourth-order valence-corrected chi connectivity index (χ4v) is 2.64. The Labute approximate surface area is 149 Å². The second-order valence-corrected chi connectivity index (χ2v) is 6.06. The zero-order chi connectivity index (χ0) is 18.5. The molecule has 0 atom stereocenters. The van der Waals surface area contributed by atoms with Crippen molar-refractivity contribution in [2.45, 2.75) is 13.3 Å². The Morgan fingerprint density at radius 1 is 1.19 bits per heavy atom. The maximum absolute atomic E-state index is 13.0. The number of aromatic nitrogens is 1. The highest BCUT2D eigenvalue weighted by Gasteiger charge is 2.06. The number of carbonyl (C=O) groups excluding carboxylic acids is 1. The van der Waals surface area contributed by atoms with Gasteiger partial charge in [-0.2, -0.15) is 0 Å². The van der Waals surface area contributed by atoms with E-state index >= 15 is 0 Å². The summed E-state index contributed by atoms with van der Waals surface area (Å²) in [6.45, 7) is 2.07. The van der Waals surface area contributed by atoms with E-state index in [0.717, 1.165) is 16.5 Å². The van der Waals surface area contributed by atoms with Crippen LogP contribution in [0.5, 0.6) is 5.75 Å². The molecule has 1 heterocycles. The number of aryl methyl sites for hydroxylation is 1. The Balaban J connectivity index is 1.53. The molecule has 0 saturated heterocycles. The molecule has 1 amide bonds. The number of nitrogens with one attached hydrogen (secondary N) is 2. The molecule has 3 aromatic rings. The normalized spacial score (nSPS) is 10.7. The van der Waals surface area contributed by atoms with E-state index in [9.17, 15) is 14.0 Å². The smallest absolute Gasteiger partial charge is 0.257 e. The molecule has 6 heteroatoms. The molecule has 5 nitrogen and oxygen atoms in total. The number of pyridine rings is 1. The zero-order valence-corrected chi connectivity index (χ0v) is 14.3. The zero-order valence-electron chi connectivity index (χ0n) is 14.3. The molecule has 2 N–H and O–H groups in total. The Kier molecular flexibility index (Phi) is 5.31. The van der Waals surface area contributed by atoms with Crippen LogP contribution in [0.15, 0.2) is 53.3 Å². The summed E-state index contributed by atoms with van der Waals surface area (Å²) in [5, 5.41) is 3.64. The molecule has 134 valence electrons. The van der Waals surface area contributed by atoms with E-state index in [4.69, 9.17) is 4.74 Å². The Hall–Kier alpha value is -3.15. The summed E-state index contributed by atoms with van der Waals surface area (Å²) in [5.41, 5.74) is 2.32. The molecule has 0 bridgehead atoms. The van der Waals surface area contributed by atoms with E-state index in [2.05, 4.69) is 10.3 Å². The van der Waals surface area contributed by atoms with E-state index in [1.54, 1.807) is 6.07 Å². The SMILES string of the molecule is Cc1ccc2cc(CCNC(=O)COc3cccc(F)c3)c(=O)[nH]c2c1. The van der Waals surface area contributed by atoms with Crippen molar-refractivity contribution in [1.29, 1.82) is 0 Å². The molecule has 2 aromatic carbocycles. The van der Waals surface area contributed by atoms with Crippen LogP contribution in [0.3, 0.4) is 0 Å². The lowest BCUT2D eigenvalue weighted by atomic mass is 10.1. The fraction of sp³-hybridized carbons (Fsp3) is 0.200. The van der Waals surface area contributed by atoms with E-state index in [1.165, 1.54) is 18.2 Å². The van der Waals surface area contributed by atoms with Gasteiger partial charge in [-0.15, -0.1) is 0 Å². The van der Waals surface area contributed by atoms with Crippen molar-refractivity contribution in [3.05, 3.63) is 75.8 Å². The van der Waals surface area contributed by atoms with Crippen LogP contribution < -0.4 is 15.6 Å². The molecule has 0 radical (unpaired) electrons. The summed E-state index contributed by atoms with van der Waals surface area (Å²) >= 11 is 0. The predicted octanol–water partition coefficient (Wildman–Crippen LogP) is 2.71. The van der Waals surface area contributed by atoms with Crippen molar-refractivity contribution in [3.63, 3.8) is 0 Å². The van der Waals surface area contributed by atoms with Crippen molar-refractivity contribution in [3.8, 4) is 5.75 Å². The van der Waals surface area contributed by atoms with Crippen LogP contribution in [0, 0.1) is 12.7 Å². The van der Waals surface area contributed by atoms with Gasteiger partial charge in [-0.1, -0.05) is 18.2 Å². The first-order valence-electron chi connectivity index (χ1n) is 8.29. The highest BCUT2D eigenvalue weighted by Crippen LogP contribution is 2.13. The van der Waals surface area contributed by atoms with Gasteiger partial charge in [0.25, 0.3) is 11.5 Å². The maximum atomic E-state index is 13.0. The highest BCUT2D eigenvalue weighted by molar-refractivity contribution is 5.79. The monoisotopic (exact) mass is 354 g/mol. The first kappa shape index (κ1) is 17.7. The lowest BCUT2D eigenvalue weighted by molar-refractivity contribution is -0.123. The van der Waals surface area contributed by atoms with Gasteiger partial charge >= 0.3 is 0 Å². The van der Waals surface area contributed by atoms with Gasteiger partial charge < -0.3 is 15.0 Å². The summed E-state index contributed by atoms with van der Waals surface area (Å²) in [6.07, 6.45) is 0.408. The average molecular weight is 354 g/mol. The summed E-state index contributed by atoms with van der Waals surface area (Å²) in [7, 11) is 0. The third-order valence-corrected chi connectivity index (χ3v) is 3.96. The lowest BCUT2D eigenvalue weighted by Crippen LogP contribution is -2.31. The fourth-order valence-electron chi connectivity index (χ4n) is 2.64. The van der Waals surface area contributed by atoms with Gasteiger partial charge in [0.15, 0.2) is 6.61 Å². The van der Waals surface area contributed by atoms with Crippen molar-refractivity contribution in [2.24, 2.45) is 0 Å². The van der Waals surface area contributed by atoms with Crippen molar-refractivity contribution in [1.82, 2.24) is 10.3 Å². The number of hydrogen-bond acceptors (Lipinski definition) is 3. The molecule has 0 fully saturated rings. The second kappa shape index (κ2) is 7.82. The van der Waals surface area contributed by atoms with E-state index in [0.29, 0.717) is 24.3 Å². The number of benzene rings is 2. The van der Waals surface area contributed by atoms with Crippen LogP contribution in [0.25, 0.3) is 10.9 Å². The van der Waals surface area contributed by atoms with Crippen molar-refractivity contribution in [2.75, 3.05) is 13.2 Å². The van der Waals surface area contributed by atoms with Gasteiger partial charge in [0.2, 0.25) is 0 Å². The standard InChI is InChI=1S/C20H19FN2O3/c1-13-5-6-14-10-15(20(25)23-18(14)9-13)7-8-22-19(24)12-26-17-4-2-3-16(21)11-17/h2-6,9-11H,7-8,12H2,1H3,(H,22,24)(H,23,25). The molecule has 0 aliphatic rings. The largest absolute Gasteiger partial charge is 0.484 e. The number of aromatic amines is 1. The summed E-state index contributed by atoms with van der Waals surface area (Å²) in [6, 6.07) is 13.3. The molecule has 0 saturated carbocycles. The average Bonchev–Trinajstić information content (AvgIpc) is 2.60. The van der Waals surface area contributed by atoms with Crippen molar-refractivity contribution >= 4 is 16.8 Å². The summed E-state index contributed by atoms with van der Waals surface area (Å²) < 4.78 is 18.3. The minimum atomic E-state index is -0.423. The maximum Gasteiger partial charge on any atom is 0.257 e. The third kappa shape index (κ3) is 4.47. The minimum absolute atomic E-state index is 0.159. The molecule has 0 aliphatic carbocycles. The van der Waals surface area contributed by atoms with Crippen LogP contribution in [0.1, 0.15) is 11.1 Å². The van der Waals surface area contributed by atoms with Crippen LogP contribution in [-0.2, 0) is 11.2 Å². The first-order chi connectivity index (χ1) is 12.5. The van der Waals surface area contributed by atoms with Crippen molar-refractivity contribution < 1.29 is 13.9 Å². The minimum Gasteiger partial charge on any atom is -0.484 e. The Morgan fingerprint density at radius 3 is 2.85 bits per heavy atom. The van der Waals surface area contributed by atoms with Gasteiger partial charge in [0.1, 0.15) is 11.6 Å². The summed E-state index contributed by atoms with van der Waals surface area (Å²) in [4.78, 5) is 26.8.